The molecule has 3 rings (SSSR count). The molecule has 5 nitrogen and oxygen atoms in total. The van der Waals surface area contributed by atoms with E-state index in [1.54, 1.807) is 13.1 Å². The van der Waals surface area contributed by atoms with Gasteiger partial charge in [-0.2, -0.15) is 0 Å². The number of halogens is 2. The number of rotatable bonds is 4. The molecule has 0 amide bonds. The Bertz CT molecular complexity index is 572. The Morgan fingerprint density at radius 3 is 2.64 bits per heavy atom. The van der Waals surface area contributed by atoms with Crippen molar-refractivity contribution in [2.24, 2.45) is 4.99 Å². The first-order chi connectivity index (χ1) is 11.8. The largest absolute Gasteiger partial charge is 0.378 e. The van der Waals surface area contributed by atoms with Crippen molar-refractivity contribution in [3.63, 3.8) is 0 Å². The third kappa shape index (κ3) is 5.70. The minimum Gasteiger partial charge on any atom is -0.378 e. The van der Waals surface area contributed by atoms with Crippen LogP contribution in [0.25, 0.3) is 0 Å². The van der Waals surface area contributed by atoms with Crippen LogP contribution in [0, 0.1) is 5.82 Å². The highest BCUT2D eigenvalue weighted by Crippen LogP contribution is 2.21. The summed E-state index contributed by atoms with van der Waals surface area (Å²) in [6.45, 7) is 3.36. The van der Waals surface area contributed by atoms with Gasteiger partial charge >= 0.3 is 0 Å². The van der Waals surface area contributed by atoms with Crippen LogP contribution in [0.2, 0.25) is 0 Å². The lowest BCUT2D eigenvalue weighted by molar-refractivity contribution is 0.122. The maximum Gasteiger partial charge on any atom is 0.191 e. The molecule has 1 saturated carbocycles. The average molecular weight is 462 g/mol. The van der Waals surface area contributed by atoms with Crippen LogP contribution < -0.4 is 15.5 Å². The predicted molar refractivity (Wildman–Crippen MR) is 110 cm³/mol. The molecule has 2 aliphatic rings. The van der Waals surface area contributed by atoms with Crippen molar-refractivity contribution in [2.75, 3.05) is 38.3 Å². The zero-order chi connectivity index (χ0) is 16.8. The molecule has 0 aromatic heterocycles. The van der Waals surface area contributed by atoms with Crippen molar-refractivity contribution in [3.8, 4) is 0 Å². The standard InChI is InChI=1S/C18H27FN4O.HI/c1-20-18(22-15-4-2-3-5-15)21-13-14-6-7-17(16(19)12-14)23-8-10-24-11-9-23;/h6-7,12,15H,2-5,8-11,13H2,1H3,(H2,20,21,22);1H. The normalized spacial score (nSPS) is 18.8. The van der Waals surface area contributed by atoms with Gasteiger partial charge in [0.15, 0.2) is 5.96 Å². The van der Waals surface area contributed by atoms with Gasteiger partial charge in [-0.15, -0.1) is 24.0 Å². The van der Waals surface area contributed by atoms with E-state index in [9.17, 15) is 4.39 Å². The number of anilines is 1. The summed E-state index contributed by atoms with van der Waals surface area (Å²) in [5, 5.41) is 6.71. The molecule has 1 aliphatic heterocycles. The summed E-state index contributed by atoms with van der Waals surface area (Å²) >= 11 is 0. The number of benzene rings is 1. The van der Waals surface area contributed by atoms with Gasteiger partial charge in [-0.05, 0) is 30.5 Å². The second kappa shape index (κ2) is 10.2. The van der Waals surface area contributed by atoms with Crippen molar-refractivity contribution < 1.29 is 9.13 Å². The van der Waals surface area contributed by atoms with E-state index in [0.29, 0.717) is 31.5 Å². The van der Waals surface area contributed by atoms with Gasteiger partial charge in [0.1, 0.15) is 5.82 Å². The van der Waals surface area contributed by atoms with Gasteiger partial charge in [-0.3, -0.25) is 4.99 Å². The highest BCUT2D eigenvalue weighted by atomic mass is 127. The molecular weight excluding hydrogens is 434 g/mol. The second-order valence-electron chi connectivity index (χ2n) is 6.44. The number of nitrogens with one attached hydrogen (secondary N) is 2. The maximum absolute atomic E-state index is 14.4. The maximum atomic E-state index is 14.4. The van der Waals surface area contributed by atoms with E-state index in [4.69, 9.17) is 4.74 Å². The Hall–Kier alpha value is -1.09. The van der Waals surface area contributed by atoms with E-state index in [0.717, 1.165) is 24.6 Å². The fraction of sp³-hybridized carbons (Fsp3) is 0.611. The molecule has 0 radical (unpaired) electrons. The molecule has 0 unspecified atom stereocenters. The van der Waals surface area contributed by atoms with Crippen molar-refractivity contribution in [3.05, 3.63) is 29.6 Å². The molecule has 140 valence electrons. The predicted octanol–water partition coefficient (Wildman–Crippen LogP) is 2.89. The highest BCUT2D eigenvalue weighted by molar-refractivity contribution is 14.0. The molecule has 25 heavy (non-hydrogen) atoms. The molecule has 0 spiro atoms. The van der Waals surface area contributed by atoms with Gasteiger partial charge in [-0.25, -0.2) is 4.39 Å². The summed E-state index contributed by atoms with van der Waals surface area (Å²) in [5.74, 6) is 0.620. The Morgan fingerprint density at radius 1 is 1.28 bits per heavy atom. The zero-order valence-electron chi connectivity index (χ0n) is 14.8. The smallest absolute Gasteiger partial charge is 0.191 e. The van der Waals surface area contributed by atoms with E-state index < -0.39 is 0 Å². The molecule has 0 atom stereocenters. The summed E-state index contributed by atoms with van der Waals surface area (Å²) in [6, 6.07) is 5.96. The third-order valence-electron chi connectivity index (χ3n) is 4.74. The van der Waals surface area contributed by atoms with Crippen LogP contribution in [-0.4, -0.2) is 45.4 Å². The molecule has 1 aromatic rings. The number of nitrogens with zero attached hydrogens (tertiary/aromatic N) is 2. The number of hydrogen-bond donors (Lipinski definition) is 2. The Labute approximate surface area is 166 Å². The van der Waals surface area contributed by atoms with Crippen molar-refractivity contribution in [2.45, 2.75) is 38.3 Å². The summed E-state index contributed by atoms with van der Waals surface area (Å²) in [7, 11) is 1.77. The number of aliphatic imine (C=N–C) groups is 1. The van der Waals surface area contributed by atoms with Crippen LogP contribution in [0.15, 0.2) is 23.2 Å². The number of hydrogen-bond acceptors (Lipinski definition) is 3. The van der Waals surface area contributed by atoms with Crippen molar-refractivity contribution >= 4 is 35.6 Å². The average Bonchev–Trinajstić information content (AvgIpc) is 3.12. The number of morpholine rings is 1. The topological polar surface area (TPSA) is 48.9 Å². The lowest BCUT2D eigenvalue weighted by Gasteiger charge is -2.29. The van der Waals surface area contributed by atoms with E-state index in [2.05, 4.69) is 15.6 Å². The quantitative estimate of drug-likeness (QED) is 0.411. The van der Waals surface area contributed by atoms with Gasteiger partial charge in [0.2, 0.25) is 0 Å². The lowest BCUT2D eigenvalue weighted by atomic mass is 10.1. The van der Waals surface area contributed by atoms with Crippen LogP contribution in [0.4, 0.5) is 10.1 Å². The third-order valence-corrected chi connectivity index (χ3v) is 4.74. The zero-order valence-corrected chi connectivity index (χ0v) is 17.1. The monoisotopic (exact) mass is 462 g/mol. The highest BCUT2D eigenvalue weighted by Gasteiger charge is 2.17. The first kappa shape index (κ1) is 20.2. The number of guanidine groups is 1. The van der Waals surface area contributed by atoms with Crippen LogP contribution >= 0.6 is 24.0 Å². The van der Waals surface area contributed by atoms with E-state index in [1.165, 1.54) is 25.7 Å². The molecule has 0 bridgehead atoms. The first-order valence-electron chi connectivity index (χ1n) is 8.84. The minimum absolute atomic E-state index is 0. The van der Waals surface area contributed by atoms with Gasteiger partial charge < -0.3 is 20.3 Å². The summed E-state index contributed by atoms with van der Waals surface area (Å²) in [4.78, 5) is 6.30. The van der Waals surface area contributed by atoms with Crippen molar-refractivity contribution in [1.82, 2.24) is 10.6 Å². The molecule has 2 fully saturated rings. The molecule has 2 N–H and O–H groups in total. The van der Waals surface area contributed by atoms with Gasteiger partial charge in [0.25, 0.3) is 0 Å². The van der Waals surface area contributed by atoms with Gasteiger partial charge in [0.05, 0.1) is 18.9 Å². The fourth-order valence-electron chi connectivity index (χ4n) is 3.36. The summed E-state index contributed by atoms with van der Waals surface area (Å²) in [5.41, 5.74) is 1.58. The minimum atomic E-state index is -0.171. The van der Waals surface area contributed by atoms with Crippen LogP contribution in [0.1, 0.15) is 31.2 Å². The summed E-state index contributed by atoms with van der Waals surface area (Å²) < 4.78 is 19.7. The summed E-state index contributed by atoms with van der Waals surface area (Å²) in [6.07, 6.45) is 4.96. The van der Waals surface area contributed by atoms with E-state index in [1.807, 2.05) is 17.0 Å². The first-order valence-corrected chi connectivity index (χ1v) is 8.84. The Balaban J connectivity index is 0.00000225. The Kier molecular flexibility index (Phi) is 8.21. The SMILES string of the molecule is CN=C(NCc1ccc(N2CCOCC2)c(F)c1)NC1CCCC1.I. The Morgan fingerprint density at radius 2 is 2.00 bits per heavy atom. The molecule has 1 aliphatic carbocycles. The number of ether oxygens (including phenoxy) is 1. The second-order valence-corrected chi connectivity index (χ2v) is 6.44. The molecule has 1 saturated heterocycles. The van der Waals surface area contributed by atoms with E-state index >= 15 is 0 Å². The van der Waals surface area contributed by atoms with Crippen molar-refractivity contribution in [1.29, 1.82) is 0 Å². The fourth-order valence-corrected chi connectivity index (χ4v) is 3.36. The van der Waals surface area contributed by atoms with Crippen LogP contribution in [-0.2, 0) is 11.3 Å². The van der Waals surface area contributed by atoms with Gasteiger partial charge in [-0.1, -0.05) is 18.9 Å². The molecular formula is C18H28FIN4O. The molecule has 7 heteroatoms. The van der Waals surface area contributed by atoms with Crippen LogP contribution in [0.5, 0.6) is 0 Å². The molecule has 1 aromatic carbocycles. The lowest BCUT2D eigenvalue weighted by Crippen LogP contribution is -2.42. The molecule has 1 heterocycles. The van der Waals surface area contributed by atoms with Crippen LogP contribution in [0.3, 0.4) is 0 Å². The van der Waals surface area contributed by atoms with E-state index in [-0.39, 0.29) is 29.8 Å². The van der Waals surface area contributed by atoms with Gasteiger partial charge in [0, 0.05) is 32.7 Å².